The van der Waals surface area contributed by atoms with E-state index in [4.69, 9.17) is 0 Å². The summed E-state index contributed by atoms with van der Waals surface area (Å²) in [4.78, 5) is 14.2. The van der Waals surface area contributed by atoms with Gasteiger partial charge in [0.15, 0.2) is 0 Å². The second-order valence-corrected chi connectivity index (χ2v) is 6.72. The van der Waals surface area contributed by atoms with Gasteiger partial charge in [-0.25, -0.2) is 0 Å². The number of nitrogens with zero attached hydrogens (tertiary/aromatic N) is 1. The molecule has 1 heterocycles. The Hall–Kier alpha value is -0.570. The quantitative estimate of drug-likeness (QED) is 0.800. The molecule has 0 aromatic rings. The minimum atomic E-state index is 0.0398. The largest absolute Gasteiger partial charge is 0.328 e. The predicted molar refractivity (Wildman–Crippen MR) is 71.6 cm³/mol. The SMILES string of the molecule is CC(C)CC1NCN(CC(C)(C)C(C)C)C1=O. The highest BCUT2D eigenvalue weighted by Crippen LogP contribution is 2.28. The van der Waals surface area contributed by atoms with Gasteiger partial charge >= 0.3 is 0 Å². The molecule has 1 fully saturated rings. The van der Waals surface area contributed by atoms with Crippen LogP contribution >= 0.6 is 0 Å². The Morgan fingerprint density at radius 1 is 1.35 bits per heavy atom. The third-order valence-electron chi connectivity index (χ3n) is 4.01. The van der Waals surface area contributed by atoms with Gasteiger partial charge in [0, 0.05) is 6.54 Å². The summed E-state index contributed by atoms with van der Waals surface area (Å²) in [7, 11) is 0. The number of rotatable bonds is 5. The zero-order chi connectivity index (χ0) is 13.2. The maximum Gasteiger partial charge on any atom is 0.240 e. The summed E-state index contributed by atoms with van der Waals surface area (Å²) in [6.45, 7) is 14.8. The van der Waals surface area contributed by atoms with Crippen molar-refractivity contribution in [3.63, 3.8) is 0 Å². The van der Waals surface area contributed by atoms with Gasteiger partial charge in [-0.2, -0.15) is 0 Å². The first-order valence-corrected chi connectivity index (χ1v) is 6.76. The van der Waals surface area contributed by atoms with Gasteiger partial charge in [-0.1, -0.05) is 41.5 Å². The molecule has 3 nitrogen and oxygen atoms in total. The zero-order valence-electron chi connectivity index (χ0n) is 12.2. The Labute approximate surface area is 106 Å². The van der Waals surface area contributed by atoms with Crippen LogP contribution in [0.2, 0.25) is 0 Å². The van der Waals surface area contributed by atoms with Crippen molar-refractivity contribution in [2.24, 2.45) is 17.3 Å². The van der Waals surface area contributed by atoms with Gasteiger partial charge in [0.25, 0.3) is 0 Å². The maximum absolute atomic E-state index is 12.2. The van der Waals surface area contributed by atoms with E-state index in [9.17, 15) is 4.79 Å². The van der Waals surface area contributed by atoms with Crippen LogP contribution in [0.4, 0.5) is 0 Å². The normalized spacial score (nSPS) is 22.0. The van der Waals surface area contributed by atoms with Crippen LogP contribution in [0.3, 0.4) is 0 Å². The molecular formula is C14H28N2O. The minimum absolute atomic E-state index is 0.0398. The van der Waals surface area contributed by atoms with E-state index in [0.717, 1.165) is 13.0 Å². The molecule has 0 aliphatic carbocycles. The molecule has 0 saturated carbocycles. The van der Waals surface area contributed by atoms with Crippen LogP contribution in [-0.2, 0) is 4.79 Å². The van der Waals surface area contributed by atoms with Crippen molar-refractivity contribution in [1.29, 1.82) is 0 Å². The number of carbonyl (C=O) groups excluding carboxylic acids is 1. The fourth-order valence-electron chi connectivity index (χ4n) is 2.07. The average molecular weight is 240 g/mol. The van der Waals surface area contributed by atoms with Crippen LogP contribution in [0.25, 0.3) is 0 Å². The smallest absolute Gasteiger partial charge is 0.240 e. The molecule has 0 radical (unpaired) electrons. The number of amides is 1. The molecule has 0 aromatic carbocycles. The lowest BCUT2D eigenvalue weighted by molar-refractivity contribution is -0.130. The van der Waals surface area contributed by atoms with Gasteiger partial charge in [-0.3, -0.25) is 10.1 Å². The lowest BCUT2D eigenvalue weighted by Crippen LogP contribution is -2.39. The molecule has 100 valence electrons. The fourth-order valence-corrected chi connectivity index (χ4v) is 2.07. The lowest BCUT2D eigenvalue weighted by Gasteiger charge is -2.33. The van der Waals surface area contributed by atoms with Crippen molar-refractivity contribution < 1.29 is 4.79 Å². The number of nitrogens with one attached hydrogen (secondary N) is 1. The second kappa shape index (κ2) is 5.38. The van der Waals surface area contributed by atoms with E-state index in [1.807, 2.05) is 4.90 Å². The molecule has 17 heavy (non-hydrogen) atoms. The topological polar surface area (TPSA) is 32.3 Å². The molecule has 1 unspecified atom stereocenters. The van der Waals surface area contributed by atoms with Crippen molar-refractivity contribution in [3.8, 4) is 0 Å². The second-order valence-electron chi connectivity index (χ2n) is 6.72. The first-order valence-electron chi connectivity index (χ1n) is 6.76. The van der Waals surface area contributed by atoms with E-state index in [1.165, 1.54) is 0 Å². The van der Waals surface area contributed by atoms with Crippen LogP contribution in [-0.4, -0.2) is 30.1 Å². The van der Waals surface area contributed by atoms with Crippen LogP contribution in [0, 0.1) is 17.3 Å². The highest BCUT2D eigenvalue weighted by atomic mass is 16.2. The first kappa shape index (κ1) is 14.5. The highest BCUT2D eigenvalue weighted by molar-refractivity contribution is 5.83. The molecule has 0 bridgehead atoms. The van der Waals surface area contributed by atoms with E-state index in [0.29, 0.717) is 18.5 Å². The lowest BCUT2D eigenvalue weighted by atomic mass is 9.81. The molecule has 1 aliphatic rings. The molecular weight excluding hydrogens is 212 g/mol. The van der Waals surface area contributed by atoms with Gasteiger partial charge in [-0.15, -0.1) is 0 Å². The van der Waals surface area contributed by atoms with Gasteiger partial charge in [0.2, 0.25) is 5.91 Å². The molecule has 1 amide bonds. The summed E-state index contributed by atoms with van der Waals surface area (Å²) in [5.74, 6) is 1.43. The molecule has 1 N–H and O–H groups in total. The van der Waals surface area contributed by atoms with Crippen molar-refractivity contribution in [2.45, 2.75) is 54.0 Å². The van der Waals surface area contributed by atoms with Crippen molar-refractivity contribution in [3.05, 3.63) is 0 Å². The predicted octanol–water partition coefficient (Wildman–Crippen LogP) is 2.47. The van der Waals surface area contributed by atoms with Crippen LogP contribution in [0.1, 0.15) is 48.0 Å². The average Bonchev–Trinajstić information content (AvgIpc) is 2.48. The van der Waals surface area contributed by atoms with Crippen molar-refractivity contribution in [1.82, 2.24) is 10.2 Å². The Kier molecular flexibility index (Phi) is 4.59. The summed E-state index contributed by atoms with van der Waals surface area (Å²) < 4.78 is 0. The molecule has 1 atom stereocenters. The zero-order valence-corrected chi connectivity index (χ0v) is 12.2. The summed E-state index contributed by atoms with van der Waals surface area (Å²) in [5, 5.41) is 3.33. The van der Waals surface area contributed by atoms with Gasteiger partial charge < -0.3 is 4.90 Å². The Morgan fingerprint density at radius 3 is 2.41 bits per heavy atom. The molecule has 0 spiro atoms. The van der Waals surface area contributed by atoms with Crippen LogP contribution < -0.4 is 5.32 Å². The Balaban J connectivity index is 2.56. The van der Waals surface area contributed by atoms with Crippen LogP contribution in [0.5, 0.6) is 0 Å². The van der Waals surface area contributed by atoms with E-state index >= 15 is 0 Å². The first-order chi connectivity index (χ1) is 7.74. The molecule has 3 heteroatoms. The fraction of sp³-hybridized carbons (Fsp3) is 0.929. The van der Waals surface area contributed by atoms with E-state index in [1.54, 1.807) is 0 Å². The van der Waals surface area contributed by atoms with Gasteiger partial charge in [0.05, 0.1) is 12.7 Å². The number of hydrogen-bond donors (Lipinski definition) is 1. The Morgan fingerprint density at radius 2 is 1.94 bits per heavy atom. The molecule has 0 aromatic heterocycles. The summed E-state index contributed by atoms with van der Waals surface area (Å²) >= 11 is 0. The Bertz CT molecular complexity index is 271. The molecule has 1 saturated heterocycles. The third kappa shape index (κ3) is 3.70. The minimum Gasteiger partial charge on any atom is -0.328 e. The van der Waals surface area contributed by atoms with Crippen molar-refractivity contribution >= 4 is 5.91 Å². The van der Waals surface area contributed by atoms with Crippen molar-refractivity contribution in [2.75, 3.05) is 13.2 Å². The third-order valence-corrected chi connectivity index (χ3v) is 4.01. The van der Waals surface area contributed by atoms with Gasteiger partial charge in [0.1, 0.15) is 0 Å². The summed E-state index contributed by atoms with van der Waals surface area (Å²) in [5.41, 5.74) is 0.185. The van der Waals surface area contributed by atoms with E-state index < -0.39 is 0 Å². The standard InChI is InChI=1S/C14H28N2O/c1-10(2)7-12-13(17)16(9-15-12)8-14(5,6)11(3)4/h10-12,15H,7-9H2,1-6H3. The maximum atomic E-state index is 12.2. The van der Waals surface area contributed by atoms with E-state index in [-0.39, 0.29) is 17.4 Å². The van der Waals surface area contributed by atoms with Gasteiger partial charge in [-0.05, 0) is 23.7 Å². The van der Waals surface area contributed by atoms with E-state index in [2.05, 4.69) is 46.9 Å². The molecule has 1 rings (SSSR count). The van der Waals surface area contributed by atoms with Crippen LogP contribution in [0.15, 0.2) is 0 Å². The number of hydrogen-bond acceptors (Lipinski definition) is 2. The molecule has 1 aliphatic heterocycles. The summed E-state index contributed by atoms with van der Waals surface area (Å²) in [6, 6.07) is 0.0398. The summed E-state index contributed by atoms with van der Waals surface area (Å²) in [6.07, 6.45) is 0.942. The number of carbonyl (C=O) groups is 1. The highest BCUT2D eigenvalue weighted by Gasteiger charge is 2.35. The monoisotopic (exact) mass is 240 g/mol.